The van der Waals surface area contributed by atoms with Crippen LogP contribution in [-0.2, 0) is 34.0 Å². The van der Waals surface area contributed by atoms with Gasteiger partial charge in [0.1, 0.15) is 13.7 Å². The number of rotatable bonds is 8. The lowest BCUT2D eigenvalue weighted by molar-refractivity contribution is -0.131. The maximum absolute atomic E-state index is 15.2. The molecule has 0 aliphatic carbocycles. The van der Waals surface area contributed by atoms with Crippen molar-refractivity contribution < 1.29 is 23.5 Å². The van der Waals surface area contributed by atoms with Gasteiger partial charge in [-0.3, -0.25) is 24.6 Å². The van der Waals surface area contributed by atoms with E-state index in [1.807, 2.05) is 6.07 Å². The van der Waals surface area contributed by atoms with Crippen molar-refractivity contribution in [2.75, 3.05) is 31.6 Å². The Morgan fingerprint density at radius 1 is 1.14 bits per heavy atom. The van der Waals surface area contributed by atoms with Crippen molar-refractivity contribution >= 4 is 31.3 Å². The van der Waals surface area contributed by atoms with Crippen LogP contribution in [0.1, 0.15) is 40.4 Å². The second-order valence-corrected chi connectivity index (χ2v) is 8.61. The first kappa shape index (κ1) is 24.9. The fourth-order valence-corrected chi connectivity index (χ4v) is 4.27. The molecule has 2 aromatic rings. The van der Waals surface area contributed by atoms with E-state index >= 15 is 4.39 Å². The summed E-state index contributed by atoms with van der Waals surface area (Å²) >= 11 is 0. The SMILES string of the molecule is [B]C(C(=O)NC(=O)CC)N1Cc2c(NCc3cccc(CN4CCOCC4)c3F)cccc2C1=O. The van der Waals surface area contributed by atoms with Gasteiger partial charge in [0, 0.05) is 67.1 Å². The fraction of sp³-hybridized carbons (Fsp3) is 0.400. The van der Waals surface area contributed by atoms with Crippen molar-refractivity contribution in [3.05, 3.63) is 64.5 Å². The molecule has 1 unspecified atom stereocenters. The number of nitrogens with zero attached hydrogens (tertiary/aromatic N) is 2. The van der Waals surface area contributed by atoms with Gasteiger partial charge in [-0.1, -0.05) is 31.2 Å². The van der Waals surface area contributed by atoms with Gasteiger partial charge in [0.25, 0.3) is 5.91 Å². The van der Waals surface area contributed by atoms with Crippen molar-refractivity contribution in [3.8, 4) is 0 Å². The molecule has 2 heterocycles. The standard InChI is InChI=1S/C25H28BFN4O4/c1-2-21(32)29-24(33)23(26)31-15-19-18(25(31)34)7-4-8-20(19)28-13-16-5-3-6-17(22(16)27)14-30-9-11-35-12-10-30/h3-8,23,28H,2,9-15H2,1H3,(H,29,32,33). The molecule has 4 rings (SSSR count). The summed E-state index contributed by atoms with van der Waals surface area (Å²) in [6.45, 7) is 5.31. The number of hydrogen-bond acceptors (Lipinski definition) is 6. The van der Waals surface area contributed by atoms with Gasteiger partial charge in [0.2, 0.25) is 11.8 Å². The molecule has 0 saturated carbocycles. The number of imide groups is 1. The predicted octanol–water partition coefficient (Wildman–Crippen LogP) is 1.77. The molecule has 2 radical (unpaired) electrons. The summed E-state index contributed by atoms with van der Waals surface area (Å²) in [5.41, 5.74) is 2.90. The molecule has 2 aliphatic heterocycles. The number of amides is 3. The van der Waals surface area contributed by atoms with Gasteiger partial charge in [0.15, 0.2) is 0 Å². The minimum Gasteiger partial charge on any atom is -0.381 e. The van der Waals surface area contributed by atoms with Crippen molar-refractivity contribution in [1.82, 2.24) is 15.1 Å². The number of anilines is 1. The molecular weight excluding hydrogens is 450 g/mol. The van der Waals surface area contributed by atoms with Crippen molar-refractivity contribution in [2.45, 2.75) is 38.9 Å². The Morgan fingerprint density at radius 2 is 1.86 bits per heavy atom. The van der Waals surface area contributed by atoms with Crippen LogP contribution in [0, 0.1) is 5.82 Å². The third kappa shape index (κ3) is 5.54. The topological polar surface area (TPSA) is 91.0 Å². The molecule has 2 aromatic carbocycles. The first-order valence-corrected chi connectivity index (χ1v) is 11.7. The number of carbonyl (C=O) groups excluding carboxylic acids is 3. The monoisotopic (exact) mass is 478 g/mol. The van der Waals surface area contributed by atoms with Crippen LogP contribution in [0.5, 0.6) is 0 Å². The van der Waals surface area contributed by atoms with Gasteiger partial charge < -0.3 is 15.0 Å². The molecule has 2 N–H and O–H groups in total. The van der Waals surface area contributed by atoms with E-state index in [9.17, 15) is 14.4 Å². The lowest BCUT2D eigenvalue weighted by Crippen LogP contribution is -2.49. The fourth-order valence-electron chi connectivity index (χ4n) is 4.27. The summed E-state index contributed by atoms with van der Waals surface area (Å²) in [5.74, 6) is -3.14. The average molecular weight is 478 g/mol. The number of morpholine rings is 1. The molecule has 35 heavy (non-hydrogen) atoms. The molecule has 0 spiro atoms. The lowest BCUT2D eigenvalue weighted by Gasteiger charge is -2.27. The number of ether oxygens (including phenoxy) is 1. The van der Waals surface area contributed by atoms with Crippen molar-refractivity contribution in [3.63, 3.8) is 0 Å². The number of fused-ring (bicyclic) bond motifs is 1. The third-order valence-corrected chi connectivity index (χ3v) is 6.31. The Labute approximate surface area is 205 Å². The molecular formula is C25H28BFN4O4. The van der Waals surface area contributed by atoms with E-state index in [1.165, 1.54) is 4.90 Å². The van der Waals surface area contributed by atoms with E-state index < -0.39 is 23.7 Å². The number of benzene rings is 2. The summed E-state index contributed by atoms with van der Waals surface area (Å²) in [7, 11) is 5.98. The molecule has 1 saturated heterocycles. The molecule has 8 nitrogen and oxygen atoms in total. The molecule has 2 aliphatic rings. The highest BCUT2D eigenvalue weighted by molar-refractivity contribution is 6.27. The second-order valence-electron chi connectivity index (χ2n) is 8.61. The van der Waals surface area contributed by atoms with Gasteiger partial charge in [-0.25, -0.2) is 4.39 Å². The Balaban J connectivity index is 1.45. The van der Waals surface area contributed by atoms with Gasteiger partial charge in [-0.15, -0.1) is 0 Å². The Morgan fingerprint density at radius 3 is 2.60 bits per heavy atom. The Bertz CT molecular complexity index is 1120. The zero-order chi connectivity index (χ0) is 24.9. The van der Waals surface area contributed by atoms with Crippen LogP contribution in [0.15, 0.2) is 36.4 Å². The molecule has 0 aromatic heterocycles. The van der Waals surface area contributed by atoms with E-state index in [-0.39, 0.29) is 25.3 Å². The predicted molar refractivity (Wildman–Crippen MR) is 129 cm³/mol. The van der Waals surface area contributed by atoms with Gasteiger partial charge in [-0.2, -0.15) is 0 Å². The molecule has 0 bridgehead atoms. The Kier molecular flexibility index (Phi) is 7.82. The van der Waals surface area contributed by atoms with Crippen LogP contribution < -0.4 is 10.6 Å². The molecule has 1 atom stereocenters. The van der Waals surface area contributed by atoms with E-state index in [0.29, 0.717) is 47.7 Å². The summed E-state index contributed by atoms with van der Waals surface area (Å²) in [4.78, 5) is 40.1. The highest BCUT2D eigenvalue weighted by atomic mass is 19.1. The maximum atomic E-state index is 15.2. The smallest absolute Gasteiger partial charge is 0.254 e. The zero-order valence-corrected chi connectivity index (χ0v) is 19.7. The highest BCUT2D eigenvalue weighted by Crippen LogP contribution is 2.31. The van der Waals surface area contributed by atoms with Crippen LogP contribution in [0.25, 0.3) is 0 Å². The van der Waals surface area contributed by atoms with Gasteiger partial charge in [-0.05, 0) is 12.1 Å². The second kappa shape index (κ2) is 11.0. The van der Waals surface area contributed by atoms with Crippen molar-refractivity contribution in [1.29, 1.82) is 0 Å². The minimum absolute atomic E-state index is 0.103. The summed E-state index contributed by atoms with van der Waals surface area (Å²) in [5, 5.41) is 5.43. The van der Waals surface area contributed by atoms with Crippen LogP contribution >= 0.6 is 0 Å². The zero-order valence-electron chi connectivity index (χ0n) is 19.7. The molecule has 1 fully saturated rings. The summed E-state index contributed by atoms with van der Waals surface area (Å²) in [6.07, 6.45) is 0.130. The van der Waals surface area contributed by atoms with E-state index in [1.54, 1.807) is 37.3 Å². The molecule has 10 heteroatoms. The normalized spacial score (nSPS) is 16.6. The minimum atomic E-state index is -1.30. The quantitative estimate of drug-likeness (QED) is 0.563. The van der Waals surface area contributed by atoms with Crippen molar-refractivity contribution in [2.24, 2.45) is 0 Å². The van der Waals surface area contributed by atoms with Crippen LogP contribution in [0.2, 0.25) is 0 Å². The highest BCUT2D eigenvalue weighted by Gasteiger charge is 2.35. The van der Waals surface area contributed by atoms with Crippen LogP contribution in [0.3, 0.4) is 0 Å². The van der Waals surface area contributed by atoms with E-state index in [2.05, 4.69) is 15.5 Å². The van der Waals surface area contributed by atoms with Gasteiger partial charge >= 0.3 is 0 Å². The van der Waals surface area contributed by atoms with Gasteiger partial charge in [0.05, 0.1) is 19.2 Å². The van der Waals surface area contributed by atoms with E-state index in [0.717, 1.165) is 13.1 Å². The summed E-state index contributed by atoms with van der Waals surface area (Å²) in [6, 6.07) is 10.6. The third-order valence-electron chi connectivity index (χ3n) is 6.31. The number of carbonyl (C=O) groups is 3. The first-order chi connectivity index (χ1) is 16.9. The lowest BCUT2D eigenvalue weighted by atomic mass is 9.93. The van der Waals surface area contributed by atoms with E-state index in [4.69, 9.17) is 12.6 Å². The summed E-state index contributed by atoms with van der Waals surface area (Å²) < 4.78 is 20.6. The largest absolute Gasteiger partial charge is 0.381 e. The molecule has 182 valence electrons. The number of nitrogens with one attached hydrogen (secondary N) is 2. The first-order valence-electron chi connectivity index (χ1n) is 11.7. The number of halogens is 1. The van der Waals surface area contributed by atoms with Crippen LogP contribution in [-0.4, -0.2) is 67.6 Å². The molecule has 3 amide bonds. The maximum Gasteiger partial charge on any atom is 0.254 e. The number of hydrogen-bond donors (Lipinski definition) is 2. The Hall–Kier alpha value is -3.24. The average Bonchev–Trinajstić information content (AvgIpc) is 3.21. The van der Waals surface area contributed by atoms with Crippen LogP contribution in [0.4, 0.5) is 10.1 Å².